The van der Waals surface area contributed by atoms with Crippen LogP contribution < -0.4 is 9.47 Å². The maximum absolute atomic E-state index is 14.2. The normalized spacial score (nSPS) is 20.2. The van der Waals surface area contributed by atoms with Gasteiger partial charge in [0, 0.05) is 19.1 Å². The Morgan fingerprint density at radius 1 is 1.32 bits per heavy atom. The topological polar surface area (TPSA) is 70.5 Å². The van der Waals surface area contributed by atoms with Crippen molar-refractivity contribution < 1.29 is 23.4 Å². The molecule has 1 fully saturated rings. The van der Waals surface area contributed by atoms with E-state index in [9.17, 15) is 9.18 Å². The first-order valence-electron chi connectivity index (χ1n) is 9.67. The molecule has 0 unspecified atom stereocenters. The van der Waals surface area contributed by atoms with Crippen LogP contribution in [0.2, 0.25) is 0 Å². The van der Waals surface area contributed by atoms with E-state index in [0.717, 1.165) is 12.8 Å². The van der Waals surface area contributed by atoms with Crippen molar-refractivity contribution in [1.82, 2.24) is 9.97 Å². The lowest BCUT2D eigenvalue weighted by Gasteiger charge is -2.35. The minimum Gasteiger partial charge on any atom is -0.475 e. The predicted molar refractivity (Wildman–Crippen MR) is 106 cm³/mol. The molecule has 1 aliphatic rings. The molecule has 0 N–H and O–H groups in total. The van der Waals surface area contributed by atoms with Crippen molar-refractivity contribution in [2.45, 2.75) is 59.2 Å². The van der Waals surface area contributed by atoms with Crippen LogP contribution in [-0.2, 0) is 9.53 Å². The maximum atomic E-state index is 14.2. The number of aromatic nitrogens is 2. The number of hydrogen-bond acceptors (Lipinski definition) is 7. The second-order valence-corrected chi connectivity index (χ2v) is 8.80. The fourth-order valence-electron chi connectivity index (χ4n) is 3.15. The van der Waals surface area contributed by atoms with Crippen LogP contribution in [0.3, 0.4) is 0 Å². The highest BCUT2D eigenvalue weighted by Gasteiger charge is 2.31. The van der Waals surface area contributed by atoms with Crippen LogP contribution in [0.25, 0.3) is 10.3 Å². The minimum atomic E-state index is -0.515. The summed E-state index contributed by atoms with van der Waals surface area (Å²) in [6.07, 6.45) is 2.50. The summed E-state index contributed by atoms with van der Waals surface area (Å²) in [4.78, 5) is 20.2. The van der Waals surface area contributed by atoms with Crippen LogP contribution in [0.15, 0.2) is 6.07 Å². The molecule has 2 aromatic rings. The number of fused-ring (bicyclic) bond motifs is 1. The molecule has 0 aliphatic heterocycles. The molecule has 0 bridgehead atoms. The summed E-state index contributed by atoms with van der Waals surface area (Å²) in [5.74, 6) is 0.241. The van der Waals surface area contributed by atoms with Gasteiger partial charge in [0.05, 0.1) is 18.8 Å². The number of rotatable bonds is 10. The van der Waals surface area contributed by atoms with E-state index in [-0.39, 0.29) is 29.8 Å². The van der Waals surface area contributed by atoms with Crippen molar-refractivity contribution in [3.05, 3.63) is 11.9 Å². The second-order valence-electron chi connectivity index (χ2n) is 7.86. The fourth-order valence-corrected chi connectivity index (χ4v) is 4.04. The predicted octanol–water partition coefficient (Wildman–Crippen LogP) is 4.41. The van der Waals surface area contributed by atoms with Gasteiger partial charge in [-0.25, -0.2) is 9.37 Å². The van der Waals surface area contributed by atoms with Gasteiger partial charge in [-0.15, -0.1) is 0 Å². The third kappa shape index (κ3) is 5.61. The number of carbonyl (C=O) groups excluding carboxylic acids is 1. The quantitative estimate of drug-likeness (QED) is 0.578. The molecule has 1 atom stereocenters. The molecular weight excluding hydrogens is 383 g/mol. The number of hydrogen-bond donors (Lipinski definition) is 0. The SMILES string of the molecule is CC(=O)C[C@@H](C)COC1CC(COc2nc3sc(OC(C)C)nc3cc2F)C1. The summed E-state index contributed by atoms with van der Waals surface area (Å²) in [6.45, 7) is 8.44. The number of halogens is 1. The molecule has 0 saturated heterocycles. The standard InChI is InChI=1S/C20H27FN2O4S/c1-11(2)27-20-22-17-8-16(21)18(23-19(17)28-20)26-10-14-6-15(7-14)25-9-12(3)5-13(4)24/h8,11-12,14-15H,5-7,9-10H2,1-4H3/t12-,14?,15?/m1/s1. The molecule has 2 aromatic heterocycles. The highest BCUT2D eigenvalue weighted by Crippen LogP contribution is 2.33. The van der Waals surface area contributed by atoms with Crippen LogP contribution in [0.1, 0.15) is 47.0 Å². The van der Waals surface area contributed by atoms with Gasteiger partial charge in [-0.2, -0.15) is 4.98 Å². The molecule has 2 heterocycles. The van der Waals surface area contributed by atoms with E-state index in [4.69, 9.17) is 14.2 Å². The summed E-state index contributed by atoms with van der Waals surface area (Å²) in [5.41, 5.74) is 0.474. The molecule has 6 nitrogen and oxygen atoms in total. The van der Waals surface area contributed by atoms with Crippen LogP contribution in [0.5, 0.6) is 11.1 Å². The molecule has 1 saturated carbocycles. The monoisotopic (exact) mass is 410 g/mol. The maximum Gasteiger partial charge on any atom is 0.276 e. The molecular formula is C20H27FN2O4S. The first kappa shape index (κ1) is 20.9. The fraction of sp³-hybridized carbons (Fsp3) is 0.650. The summed E-state index contributed by atoms with van der Waals surface area (Å²) in [6, 6.07) is 1.34. The Bertz CT molecular complexity index is 820. The molecule has 3 rings (SSSR count). The molecule has 8 heteroatoms. The lowest BCUT2D eigenvalue weighted by molar-refractivity contribution is -0.119. The van der Waals surface area contributed by atoms with Crippen molar-refractivity contribution in [2.24, 2.45) is 11.8 Å². The van der Waals surface area contributed by atoms with Gasteiger partial charge < -0.3 is 19.0 Å². The van der Waals surface area contributed by atoms with Crippen molar-refractivity contribution in [1.29, 1.82) is 0 Å². The Kier molecular flexibility index (Phi) is 6.82. The molecule has 0 aromatic carbocycles. The largest absolute Gasteiger partial charge is 0.475 e. The van der Waals surface area contributed by atoms with E-state index >= 15 is 0 Å². The molecule has 1 aliphatic carbocycles. The van der Waals surface area contributed by atoms with E-state index in [2.05, 4.69) is 9.97 Å². The van der Waals surface area contributed by atoms with Gasteiger partial charge >= 0.3 is 0 Å². The van der Waals surface area contributed by atoms with E-state index in [1.54, 1.807) is 6.92 Å². The lowest BCUT2D eigenvalue weighted by Crippen LogP contribution is -2.36. The number of carbonyl (C=O) groups is 1. The molecule has 28 heavy (non-hydrogen) atoms. The van der Waals surface area contributed by atoms with E-state index in [0.29, 0.717) is 41.1 Å². The minimum absolute atomic E-state index is 0.000333. The highest BCUT2D eigenvalue weighted by atomic mass is 32.1. The van der Waals surface area contributed by atoms with Crippen molar-refractivity contribution in [3.8, 4) is 11.1 Å². The van der Waals surface area contributed by atoms with Crippen molar-refractivity contribution in [2.75, 3.05) is 13.2 Å². The van der Waals surface area contributed by atoms with E-state index < -0.39 is 5.82 Å². The third-order valence-electron chi connectivity index (χ3n) is 4.52. The molecule has 0 amide bonds. The van der Waals surface area contributed by atoms with Crippen molar-refractivity contribution >= 4 is 27.5 Å². The van der Waals surface area contributed by atoms with Gasteiger partial charge in [-0.3, -0.25) is 0 Å². The van der Waals surface area contributed by atoms with Gasteiger partial charge in [0.15, 0.2) is 10.6 Å². The highest BCUT2D eigenvalue weighted by molar-refractivity contribution is 7.19. The summed E-state index contributed by atoms with van der Waals surface area (Å²) in [7, 11) is 0. The van der Waals surface area contributed by atoms with Crippen LogP contribution >= 0.6 is 11.3 Å². The zero-order valence-corrected chi connectivity index (χ0v) is 17.6. The summed E-state index contributed by atoms with van der Waals surface area (Å²) >= 11 is 1.28. The number of nitrogens with zero attached hydrogens (tertiary/aromatic N) is 2. The lowest BCUT2D eigenvalue weighted by atomic mass is 9.83. The average molecular weight is 411 g/mol. The van der Waals surface area contributed by atoms with Crippen LogP contribution in [0.4, 0.5) is 4.39 Å². The van der Waals surface area contributed by atoms with E-state index in [1.165, 1.54) is 17.4 Å². The Morgan fingerprint density at radius 3 is 2.75 bits per heavy atom. The Morgan fingerprint density at radius 2 is 2.07 bits per heavy atom. The first-order chi connectivity index (χ1) is 13.3. The molecule has 0 spiro atoms. The molecule has 154 valence electrons. The van der Waals surface area contributed by atoms with Gasteiger partial charge in [0.25, 0.3) is 11.1 Å². The Labute approximate surface area is 168 Å². The zero-order chi connectivity index (χ0) is 20.3. The van der Waals surface area contributed by atoms with Crippen molar-refractivity contribution in [3.63, 3.8) is 0 Å². The number of Topliss-reactive ketones (excluding diaryl/α,β-unsaturated/α-hetero) is 1. The van der Waals surface area contributed by atoms with Crippen LogP contribution in [-0.4, -0.2) is 41.2 Å². The number of thiazole rings is 1. The average Bonchev–Trinajstić information content (AvgIpc) is 2.92. The number of ether oxygens (including phenoxy) is 3. The number of ketones is 1. The van der Waals surface area contributed by atoms with Gasteiger partial charge in [-0.05, 0) is 45.4 Å². The third-order valence-corrected chi connectivity index (χ3v) is 5.38. The summed E-state index contributed by atoms with van der Waals surface area (Å²) < 4.78 is 31.2. The number of pyridine rings is 1. The van der Waals surface area contributed by atoms with E-state index in [1.807, 2.05) is 20.8 Å². The van der Waals surface area contributed by atoms with Gasteiger partial charge in [0.1, 0.15) is 11.3 Å². The summed E-state index contributed by atoms with van der Waals surface area (Å²) in [5, 5.41) is 0.479. The Balaban J connectivity index is 1.46. The second kappa shape index (κ2) is 9.13. The van der Waals surface area contributed by atoms with Gasteiger partial charge in [0.2, 0.25) is 0 Å². The van der Waals surface area contributed by atoms with Crippen LogP contribution in [0, 0.1) is 17.7 Å². The molecule has 0 radical (unpaired) electrons. The van der Waals surface area contributed by atoms with Gasteiger partial charge in [-0.1, -0.05) is 18.3 Å². The zero-order valence-electron chi connectivity index (χ0n) is 16.7. The Hall–Kier alpha value is -1.80. The first-order valence-corrected chi connectivity index (χ1v) is 10.5. The smallest absolute Gasteiger partial charge is 0.276 e.